The van der Waals surface area contributed by atoms with Gasteiger partial charge in [0.1, 0.15) is 6.61 Å². The van der Waals surface area contributed by atoms with Crippen molar-refractivity contribution in [2.24, 2.45) is 25.9 Å². The standard InChI is InChI=1S/C44H64N6O4/c1-5-7-8-9-10-11-12-13-14-15-16-17-18-19-20-21-34-49(35-36-54-43(51)44(3,4)6-2)41-30-26-39(27-31-41)47-45-37-22-24-38(25-23-37)46-48-40-28-32-42(33-29-40)50(52)53/h22-33H,5-21,34-36H2,1-4H3/b47-45+,48-46+. The van der Waals surface area contributed by atoms with E-state index in [-0.39, 0.29) is 11.7 Å². The van der Waals surface area contributed by atoms with Crippen molar-refractivity contribution < 1.29 is 14.5 Å². The first-order valence-electron chi connectivity index (χ1n) is 20.4. The summed E-state index contributed by atoms with van der Waals surface area (Å²) in [6.07, 6.45) is 22.2. The predicted octanol–water partition coefficient (Wildman–Crippen LogP) is 14.5. The summed E-state index contributed by atoms with van der Waals surface area (Å²) < 4.78 is 5.70. The van der Waals surface area contributed by atoms with E-state index in [1.54, 1.807) is 24.3 Å². The molecule has 0 amide bonds. The highest BCUT2D eigenvalue weighted by Gasteiger charge is 2.27. The number of azo groups is 2. The SMILES string of the molecule is CCCCCCCCCCCCCCCCCCN(CCOC(=O)C(C)(C)CC)c1ccc(/N=N/c2ccc(/N=N/c3ccc([N+](=O)[O-])cc3)cc2)cc1. The molecule has 54 heavy (non-hydrogen) atoms. The summed E-state index contributed by atoms with van der Waals surface area (Å²) in [5, 5.41) is 28.0. The Labute approximate surface area is 324 Å². The second-order valence-electron chi connectivity index (χ2n) is 14.9. The summed E-state index contributed by atoms with van der Waals surface area (Å²) in [5.74, 6) is -0.149. The van der Waals surface area contributed by atoms with Gasteiger partial charge in [0, 0.05) is 24.4 Å². The van der Waals surface area contributed by atoms with E-state index in [0.29, 0.717) is 30.2 Å². The highest BCUT2D eigenvalue weighted by Crippen LogP contribution is 2.27. The van der Waals surface area contributed by atoms with Gasteiger partial charge in [0.15, 0.2) is 0 Å². The molecule has 0 radical (unpaired) electrons. The quantitative estimate of drug-likeness (QED) is 0.0241. The van der Waals surface area contributed by atoms with Gasteiger partial charge in [-0.1, -0.05) is 110 Å². The zero-order valence-corrected chi connectivity index (χ0v) is 33.4. The van der Waals surface area contributed by atoms with Gasteiger partial charge in [-0.2, -0.15) is 20.5 Å². The Balaban J connectivity index is 1.44. The van der Waals surface area contributed by atoms with Gasteiger partial charge in [-0.3, -0.25) is 14.9 Å². The molecule has 0 aliphatic heterocycles. The lowest BCUT2D eigenvalue weighted by Gasteiger charge is -2.26. The highest BCUT2D eigenvalue weighted by atomic mass is 16.6. The van der Waals surface area contributed by atoms with Crippen molar-refractivity contribution in [3.05, 3.63) is 82.9 Å². The lowest BCUT2D eigenvalue weighted by Crippen LogP contribution is -2.32. The van der Waals surface area contributed by atoms with Crippen molar-refractivity contribution in [2.45, 2.75) is 137 Å². The van der Waals surface area contributed by atoms with Crippen LogP contribution in [0.5, 0.6) is 0 Å². The number of nitro benzene ring substituents is 1. The third-order valence-electron chi connectivity index (χ3n) is 10.00. The average Bonchev–Trinajstić information content (AvgIpc) is 3.19. The van der Waals surface area contributed by atoms with Crippen molar-refractivity contribution in [3.8, 4) is 0 Å². The third kappa shape index (κ3) is 17.6. The Hall–Kier alpha value is -4.47. The van der Waals surface area contributed by atoms with Crippen LogP contribution in [-0.4, -0.2) is 30.6 Å². The van der Waals surface area contributed by atoms with Crippen LogP contribution < -0.4 is 4.90 Å². The van der Waals surface area contributed by atoms with Crippen molar-refractivity contribution in [3.63, 3.8) is 0 Å². The Bertz CT molecular complexity index is 1540. The molecule has 0 fully saturated rings. The number of ether oxygens (including phenoxy) is 1. The number of nitrogens with zero attached hydrogens (tertiary/aromatic N) is 6. The molecule has 0 aliphatic carbocycles. The van der Waals surface area contributed by atoms with Crippen molar-refractivity contribution in [2.75, 3.05) is 24.6 Å². The summed E-state index contributed by atoms with van der Waals surface area (Å²) >= 11 is 0. The van der Waals surface area contributed by atoms with Crippen LogP contribution in [0.2, 0.25) is 0 Å². The molecule has 0 N–H and O–H groups in total. The minimum absolute atomic E-state index is 0.00972. The summed E-state index contributed by atoms with van der Waals surface area (Å²) in [4.78, 5) is 25.3. The summed E-state index contributed by atoms with van der Waals surface area (Å²) in [7, 11) is 0. The van der Waals surface area contributed by atoms with E-state index < -0.39 is 10.3 Å². The van der Waals surface area contributed by atoms with Crippen LogP contribution in [-0.2, 0) is 9.53 Å². The van der Waals surface area contributed by atoms with E-state index in [1.165, 1.54) is 108 Å². The molecule has 0 unspecified atom stereocenters. The number of non-ortho nitro benzene ring substituents is 1. The number of unbranched alkanes of at least 4 members (excludes halogenated alkanes) is 15. The van der Waals surface area contributed by atoms with Gasteiger partial charge in [0.2, 0.25) is 0 Å². The lowest BCUT2D eigenvalue weighted by molar-refractivity contribution is -0.384. The largest absolute Gasteiger partial charge is 0.463 e. The van der Waals surface area contributed by atoms with E-state index >= 15 is 0 Å². The van der Waals surface area contributed by atoms with Gasteiger partial charge in [-0.25, -0.2) is 0 Å². The number of nitro groups is 1. The van der Waals surface area contributed by atoms with Crippen LogP contribution in [0.1, 0.15) is 137 Å². The average molecular weight is 741 g/mol. The van der Waals surface area contributed by atoms with Crippen LogP contribution in [0.25, 0.3) is 0 Å². The molecule has 3 aromatic rings. The van der Waals surface area contributed by atoms with Crippen LogP contribution >= 0.6 is 0 Å². The predicted molar refractivity (Wildman–Crippen MR) is 221 cm³/mol. The molecular formula is C44H64N6O4. The third-order valence-corrected chi connectivity index (χ3v) is 10.00. The number of hydrogen-bond acceptors (Lipinski definition) is 9. The molecule has 10 nitrogen and oxygen atoms in total. The van der Waals surface area contributed by atoms with E-state index in [9.17, 15) is 14.9 Å². The van der Waals surface area contributed by atoms with Gasteiger partial charge < -0.3 is 9.64 Å². The molecule has 10 heteroatoms. The fourth-order valence-electron chi connectivity index (χ4n) is 6.00. The molecule has 294 valence electrons. The van der Waals surface area contributed by atoms with E-state index in [2.05, 4.69) is 44.4 Å². The summed E-state index contributed by atoms with van der Waals surface area (Å²) in [6, 6.07) is 21.1. The first-order valence-corrected chi connectivity index (χ1v) is 20.4. The Morgan fingerprint density at radius 3 is 1.35 bits per heavy atom. The molecule has 0 aliphatic rings. The van der Waals surface area contributed by atoms with Crippen molar-refractivity contribution in [1.29, 1.82) is 0 Å². The van der Waals surface area contributed by atoms with E-state index in [4.69, 9.17) is 4.74 Å². The van der Waals surface area contributed by atoms with Gasteiger partial charge in [0.25, 0.3) is 5.69 Å². The van der Waals surface area contributed by atoms with Crippen molar-refractivity contribution >= 4 is 40.1 Å². The molecule has 0 aromatic heterocycles. The molecule has 3 rings (SSSR count). The number of rotatable bonds is 28. The van der Waals surface area contributed by atoms with Crippen LogP contribution in [0, 0.1) is 15.5 Å². The number of esters is 1. The Kier molecular flexibility index (Phi) is 20.8. The minimum Gasteiger partial charge on any atom is -0.463 e. The van der Waals surface area contributed by atoms with E-state index in [0.717, 1.165) is 30.8 Å². The lowest BCUT2D eigenvalue weighted by atomic mass is 9.91. The maximum absolute atomic E-state index is 12.6. The van der Waals surface area contributed by atoms with Crippen LogP contribution in [0.4, 0.5) is 34.1 Å². The van der Waals surface area contributed by atoms with Crippen LogP contribution in [0.15, 0.2) is 93.3 Å². The molecule has 0 atom stereocenters. The number of carbonyl (C=O) groups is 1. The first kappa shape index (κ1) is 43.9. The molecule has 3 aromatic carbocycles. The monoisotopic (exact) mass is 740 g/mol. The normalized spacial score (nSPS) is 11.8. The molecule has 0 bridgehead atoms. The smallest absolute Gasteiger partial charge is 0.311 e. The maximum atomic E-state index is 12.6. The molecule has 0 heterocycles. The number of benzene rings is 3. The fraction of sp³-hybridized carbons (Fsp3) is 0.568. The first-order chi connectivity index (χ1) is 26.2. The van der Waals surface area contributed by atoms with Gasteiger partial charge >= 0.3 is 5.97 Å². The maximum Gasteiger partial charge on any atom is 0.311 e. The highest BCUT2D eigenvalue weighted by molar-refractivity contribution is 5.75. The summed E-state index contributed by atoms with van der Waals surface area (Å²) in [5.41, 5.74) is 3.17. The second kappa shape index (κ2) is 25.5. The minimum atomic E-state index is -0.481. The number of hydrogen-bond donors (Lipinski definition) is 0. The Morgan fingerprint density at radius 2 is 0.963 bits per heavy atom. The molecular weight excluding hydrogens is 677 g/mol. The molecule has 0 saturated heterocycles. The Morgan fingerprint density at radius 1 is 0.593 bits per heavy atom. The number of carbonyl (C=O) groups excluding carboxylic acids is 1. The second-order valence-corrected chi connectivity index (χ2v) is 14.9. The zero-order valence-electron chi connectivity index (χ0n) is 33.4. The van der Waals surface area contributed by atoms with E-state index in [1.807, 2.05) is 45.0 Å². The summed E-state index contributed by atoms with van der Waals surface area (Å²) in [6.45, 7) is 10.0. The van der Waals surface area contributed by atoms with Gasteiger partial charge in [-0.05, 0) is 87.4 Å². The fourth-order valence-corrected chi connectivity index (χ4v) is 6.00. The topological polar surface area (TPSA) is 122 Å². The number of anilines is 1. The molecule has 0 saturated carbocycles. The van der Waals surface area contributed by atoms with Crippen LogP contribution in [0.3, 0.4) is 0 Å². The van der Waals surface area contributed by atoms with Gasteiger partial charge in [-0.15, -0.1) is 0 Å². The zero-order chi connectivity index (χ0) is 38.9. The van der Waals surface area contributed by atoms with Crippen molar-refractivity contribution in [1.82, 2.24) is 0 Å². The van der Waals surface area contributed by atoms with Gasteiger partial charge in [0.05, 0.1) is 39.6 Å². The molecule has 0 spiro atoms.